The van der Waals surface area contributed by atoms with Gasteiger partial charge in [0, 0.05) is 11.6 Å². The van der Waals surface area contributed by atoms with Crippen LogP contribution in [0.2, 0.25) is 0 Å². The van der Waals surface area contributed by atoms with Crippen LogP contribution in [0.25, 0.3) is 0 Å². The highest BCUT2D eigenvalue weighted by atomic mass is 16.3. The summed E-state index contributed by atoms with van der Waals surface area (Å²) in [6, 6.07) is 0. The van der Waals surface area contributed by atoms with Crippen LogP contribution in [0.4, 0.5) is 0 Å². The summed E-state index contributed by atoms with van der Waals surface area (Å²) in [6.07, 6.45) is 4.29. The molecule has 3 N–H and O–H groups in total. The minimum atomic E-state index is -1.23. The van der Waals surface area contributed by atoms with Crippen molar-refractivity contribution in [3.63, 3.8) is 0 Å². The molecule has 0 aromatic heterocycles. The molecule has 1 amide bonds. The van der Waals surface area contributed by atoms with Crippen molar-refractivity contribution in [1.82, 2.24) is 5.32 Å². The predicted molar refractivity (Wildman–Crippen MR) is 59.0 cm³/mol. The molecule has 0 aromatic rings. The van der Waals surface area contributed by atoms with Crippen molar-refractivity contribution in [1.29, 1.82) is 0 Å². The van der Waals surface area contributed by atoms with Gasteiger partial charge in [-0.2, -0.15) is 0 Å². The molecule has 1 atom stereocenters. The maximum absolute atomic E-state index is 11.4. The molecule has 0 aromatic carbocycles. The van der Waals surface area contributed by atoms with Crippen molar-refractivity contribution in [3.05, 3.63) is 24.9 Å². The lowest BCUT2D eigenvalue weighted by Gasteiger charge is -2.26. The van der Waals surface area contributed by atoms with E-state index in [1.807, 2.05) is 0 Å². The molecule has 0 bridgehead atoms. The molecule has 0 fully saturated rings. The Labute approximate surface area is 90.3 Å². The van der Waals surface area contributed by atoms with Crippen LogP contribution < -0.4 is 5.32 Å². The zero-order valence-electron chi connectivity index (χ0n) is 9.23. The molecule has 86 valence electrons. The van der Waals surface area contributed by atoms with Crippen LogP contribution in [0.15, 0.2) is 24.9 Å². The number of hydrogen-bond donors (Lipinski definition) is 3. The van der Waals surface area contributed by atoms with Crippen LogP contribution >= 0.6 is 0 Å². The van der Waals surface area contributed by atoms with Gasteiger partial charge in [-0.05, 0) is 6.42 Å². The molecule has 0 saturated carbocycles. The van der Waals surface area contributed by atoms with E-state index in [4.69, 9.17) is 5.11 Å². The molecular formula is C11H19NO3. The lowest BCUT2D eigenvalue weighted by Crippen LogP contribution is -2.44. The Balaban J connectivity index is 4.16. The van der Waals surface area contributed by atoms with E-state index >= 15 is 0 Å². The lowest BCUT2D eigenvalue weighted by molar-refractivity contribution is -0.136. The fourth-order valence-corrected chi connectivity index (χ4v) is 0.826. The molecule has 0 heterocycles. The van der Waals surface area contributed by atoms with Gasteiger partial charge in [-0.25, -0.2) is 0 Å². The van der Waals surface area contributed by atoms with Crippen LogP contribution in [0.5, 0.6) is 0 Å². The normalized spacial score (nSPS) is 13.9. The predicted octanol–water partition coefficient (Wildman–Crippen LogP) is 0.572. The lowest BCUT2D eigenvalue weighted by atomic mass is 9.87. The Morgan fingerprint density at radius 3 is 2.67 bits per heavy atom. The second-order valence-corrected chi connectivity index (χ2v) is 3.98. The van der Waals surface area contributed by atoms with Crippen LogP contribution in [-0.2, 0) is 4.79 Å². The van der Waals surface area contributed by atoms with Crippen LogP contribution in [0.3, 0.4) is 0 Å². The van der Waals surface area contributed by atoms with Crippen LogP contribution in [0.1, 0.15) is 20.3 Å². The summed E-state index contributed by atoms with van der Waals surface area (Å²) < 4.78 is 0. The number of carbonyl (C=O) groups is 1. The molecule has 4 nitrogen and oxygen atoms in total. The molecule has 0 saturated heterocycles. The highest BCUT2D eigenvalue weighted by Crippen LogP contribution is 2.19. The smallest absolute Gasteiger partial charge is 0.253 e. The summed E-state index contributed by atoms with van der Waals surface area (Å²) in [7, 11) is 0. The molecule has 0 unspecified atom stereocenters. The maximum atomic E-state index is 11.4. The van der Waals surface area contributed by atoms with Crippen LogP contribution in [0, 0.1) is 5.41 Å². The first-order chi connectivity index (χ1) is 6.95. The third-order valence-electron chi connectivity index (χ3n) is 2.04. The number of carbonyl (C=O) groups excluding carboxylic acids is 1. The van der Waals surface area contributed by atoms with Gasteiger partial charge in [0.05, 0.1) is 6.61 Å². The maximum Gasteiger partial charge on any atom is 0.253 e. The molecule has 15 heavy (non-hydrogen) atoms. The second kappa shape index (κ2) is 6.37. The van der Waals surface area contributed by atoms with Gasteiger partial charge in [-0.3, -0.25) is 4.79 Å². The number of allylic oxidation sites excluding steroid dienone is 2. The summed E-state index contributed by atoms with van der Waals surface area (Å²) >= 11 is 0. The van der Waals surface area contributed by atoms with Gasteiger partial charge >= 0.3 is 0 Å². The van der Waals surface area contributed by atoms with Gasteiger partial charge in [-0.15, -0.1) is 6.58 Å². The second-order valence-electron chi connectivity index (χ2n) is 3.98. The van der Waals surface area contributed by atoms with Crippen molar-refractivity contribution < 1.29 is 15.0 Å². The van der Waals surface area contributed by atoms with E-state index in [9.17, 15) is 9.90 Å². The number of aliphatic hydroxyl groups is 2. The Bertz CT molecular complexity index is 246. The Morgan fingerprint density at radius 2 is 2.20 bits per heavy atom. The van der Waals surface area contributed by atoms with E-state index in [0.717, 1.165) is 0 Å². The number of amides is 1. The summed E-state index contributed by atoms with van der Waals surface area (Å²) in [5.41, 5.74) is -0.837. The Hall–Kier alpha value is -1.13. The summed E-state index contributed by atoms with van der Waals surface area (Å²) in [6.45, 7) is 6.50. The molecular weight excluding hydrogens is 194 g/mol. The number of hydrogen-bond acceptors (Lipinski definition) is 3. The highest BCUT2D eigenvalue weighted by molar-refractivity contribution is 5.82. The molecule has 0 rings (SSSR count). The molecule has 0 radical (unpaired) electrons. The Kier molecular flexibility index (Phi) is 5.89. The topological polar surface area (TPSA) is 69.6 Å². The molecule has 0 aliphatic rings. The fourth-order valence-electron chi connectivity index (χ4n) is 0.826. The number of rotatable bonds is 6. The molecule has 0 spiro atoms. The monoisotopic (exact) mass is 213 g/mol. The zero-order chi connectivity index (χ0) is 11.9. The van der Waals surface area contributed by atoms with Crippen molar-refractivity contribution in [3.8, 4) is 0 Å². The molecule has 0 aliphatic heterocycles. The minimum Gasteiger partial charge on any atom is -0.396 e. The van der Waals surface area contributed by atoms with Gasteiger partial charge in [-0.1, -0.05) is 26.0 Å². The SMILES string of the molecule is C=CC/C=C\NC(=O)[C@H](O)C(C)(C)CO. The highest BCUT2D eigenvalue weighted by Gasteiger charge is 2.32. The van der Waals surface area contributed by atoms with E-state index in [2.05, 4.69) is 11.9 Å². The van der Waals surface area contributed by atoms with Crippen molar-refractivity contribution in [2.24, 2.45) is 5.41 Å². The minimum absolute atomic E-state index is 0.252. The molecule has 4 heteroatoms. The number of aliphatic hydroxyl groups excluding tert-OH is 2. The average Bonchev–Trinajstić information content (AvgIpc) is 2.23. The standard InChI is InChI=1S/C11H19NO3/c1-4-5-6-7-12-10(15)9(14)11(2,3)8-13/h4,6-7,9,13-14H,1,5,8H2,2-3H3,(H,12,15)/b7-6-/t9-/m0/s1. The summed E-state index contributed by atoms with van der Waals surface area (Å²) in [5.74, 6) is -0.519. The van der Waals surface area contributed by atoms with Crippen LogP contribution in [-0.4, -0.2) is 28.8 Å². The van der Waals surface area contributed by atoms with Crippen molar-refractivity contribution >= 4 is 5.91 Å². The first-order valence-corrected chi connectivity index (χ1v) is 4.81. The molecule has 0 aliphatic carbocycles. The average molecular weight is 213 g/mol. The van der Waals surface area contributed by atoms with E-state index in [0.29, 0.717) is 6.42 Å². The van der Waals surface area contributed by atoms with Gasteiger partial charge in [0.1, 0.15) is 6.10 Å². The van der Waals surface area contributed by atoms with Gasteiger partial charge < -0.3 is 15.5 Å². The van der Waals surface area contributed by atoms with E-state index < -0.39 is 17.4 Å². The number of nitrogens with one attached hydrogen (secondary N) is 1. The van der Waals surface area contributed by atoms with Gasteiger partial charge in [0.25, 0.3) is 5.91 Å². The summed E-state index contributed by atoms with van der Waals surface area (Å²) in [5, 5.41) is 21.0. The van der Waals surface area contributed by atoms with E-state index in [1.165, 1.54) is 6.20 Å². The van der Waals surface area contributed by atoms with E-state index in [-0.39, 0.29) is 6.61 Å². The first-order valence-electron chi connectivity index (χ1n) is 4.81. The fraction of sp³-hybridized carbons (Fsp3) is 0.545. The van der Waals surface area contributed by atoms with E-state index in [1.54, 1.807) is 26.0 Å². The van der Waals surface area contributed by atoms with Gasteiger partial charge in [0.2, 0.25) is 0 Å². The first kappa shape index (κ1) is 13.9. The van der Waals surface area contributed by atoms with Gasteiger partial charge in [0.15, 0.2) is 0 Å². The quantitative estimate of drug-likeness (QED) is 0.565. The zero-order valence-corrected chi connectivity index (χ0v) is 9.23. The van der Waals surface area contributed by atoms with Crippen molar-refractivity contribution in [2.75, 3.05) is 6.61 Å². The van der Waals surface area contributed by atoms with Crippen molar-refractivity contribution in [2.45, 2.75) is 26.4 Å². The Morgan fingerprint density at radius 1 is 1.60 bits per heavy atom. The largest absolute Gasteiger partial charge is 0.396 e. The third-order valence-corrected chi connectivity index (χ3v) is 2.04. The summed E-state index contributed by atoms with van der Waals surface area (Å²) in [4.78, 5) is 11.4. The third kappa shape index (κ3) is 4.76.